The molecule has 2 aromatic heterocycles. The molecule has 0 saturated heterocycles. The number of nitrogens with one attached hydrogen (secondary N) is 1. The molecule has 4 heteroatoms. The lowest BCUT2D eigenvalue weighted by molar-refractivity contribution is 0.102. The van der Waals surface area contributed by atoms with Crippen molar-refractivity contribution >= 4 is 17.4 Å². The topological polar surface area (TPSA) is 46.4 Å². The van der Waals surface area contributed by atoms with Crippen LogP contribution < -0.4 is 5.32 Å². The van der Waals surface area contributed by atoms with E-state index in [0.29, 0.717) is 11.4 Å². The average molecular weight is 237 g/mol. The molecule has 2 heterocycles. The highest BCUT2D eigenvalue weighted by atomic mass is 16.1. The summed E-state index contributed by atoms with van der Waals surface area (Å²) in [6.07, 6.45) is 3.52. The van der Waals surface area contributed by atoms with Gasteiger partial charge in [-0.2, -0.15) is 0 Å². The fourth-order valence-electron chi connectivity index (χ4n) is 1.83. The monoisotopic (exact) mass is 237 g/mol. The number of aromatic nitrogens is 2. The third kappa shape index (κ3) is 1.84. The number of pyridine rings is 1. The number of nitrogens with zero attached hydrogens (tertiary/aromatic N) is 2. The number of fused-ring (bicyclic) bond motifs is 1. The van der Waals surface area contributed by atoms with Gasteiger partial charge in [-0.3, -0.25) is 9.20 Å². The van der Waals surface area contributed by atoms with Crippen molar-refractivity contribution in [3.05, 3.63) is 66.5 Å². The summed E-state index contributed by atoms with van der Waals surface area (Å²) in [7, 11) is 0. The van der Waals surface area contributed by atoms with Crippen LogP contribution in [0.15, 0.2) is 60.9 Å². The van der Waals surface area contributed by atoms with Crippen LogP contribution in [0.25, 0.3) is 5.65 Å². The molecule has 0 bridgehead atoms. The average Bonchev–Trinajstić information content (AvgIpc) is 2.89. The van der Waals surface area contributed by atoms with E-state index < -0.39 is 0 Å². The van der Waals surface area contributed by atoms with Gasteiger partial charge in [0.1, 0.15) is 11.5 Å². The van der Waals surface area contributed by atoms with Crippen LogP contribution in [-0.2, 0) is 0 Å². The molecule has 3 rings (SSSR count). The Morgan fingerprint density at radius 2 is 1.89 bits per heavy atom. The molecular weight excluding hydrogens is 226 g/mol. The fourth-order valence-corrected chi connectivity index (χ4v) is 1.83. The van der Waals surface area contributed by atoms with E-state index in [-0.39, 0.29) is 5.91 Å². The number of carbonyl (C=O) groups is 1. The standard InChI is InChI=1S/C14H11N3O/c18-14(11-5-2-1-3-6-11)16-13-8-4-7-12-15-9-10-17(12)13/h1-10H,(H,16,18). The van der Waals surface area contributed by atoms with Gasteiger partial charge in [0.2, 0.25) is 0 Å². The highest BCUT2D eigenvalue weighted by Crippen LogP contribution is 2.12. The quantitative estimate of drug-likeness (QED) is 0.744. The number of amides is 1. The highest BCUT2D eigenvalue weighted by molar-refractivity contribution is 6.03. The van der Waals surface area contributed by atoms with Crippen LogP contribution in [-0.4, -0.2) is 15.3 Å². The van der Waals surface area contributed by atoms with Gasteiger partial charge in [0.25, 0.3) is 5.91 Å². The van der Waals surface area contributed by atoms with Crippen molar-refractivity contribution < 1.29 is 4.79 Å². The largest absolute Gasteiger partial charge is 0.308 e. The Morgan fingerprint density at radius 1 is 1.06 bits per heavy atom. The molecule has 0 atom stereocenters. The van der Waals surface area contributed by atoms with Crippen molar-refractivity contribution in [3.8, 4) is 0 Å². The number of imidazole rings is 1. The molecule has 0 aliphatic carbocycles. The van der Waals surface area contributed by atoms with Gasteiger partial charge in [0, 0.05) is 18.0 Å². The van der Waals surface area contributed by atoms with Crippen molar-refractivity contribution in [3.63, 3.8) is 0 Å². The minimum Gasteiger partial charge on any atom is -0.308 e. The summed E-state index contributed by atoms with van der Waals surface area (Å²) in [6, 6.07) is 14.7. The van der Waals surface area contributed by atoms with Gasteiger partial charge in [-0.15, -0.1) is 0 Å². The molecule has 1 N–H and O–H groups in total. The molecule has 4 nitrogen and oxygen atoms in total. The minimum atomic E-state index is -0.128. The Balaban J connectivity index is 1.93. The summed E-state index contributed by atoms with van der Waals surface area (Å²) in [5, 5.41) is 2.87. The van der Waals surface area contributed by atoms with Crippen LogP contribution in [0.5, 0.6) is 0 Å². The first-order valence-electron chi connectivity index (χ1n) is 5.63. The Kier molecular flexibility index (Phi) is 2.53. The molecule has 18 heavy (non-hydrogen) atoms. The zero-order valence-corrected chi connectivity index (χ0v) is 9.58. The van der Waals surface area contributed by atoms with Gasteiger partial charge in [-0.25, -0.2) is 4.98 Å². The molecule has 0 radical (unpaired) electrons. The second-order valence-electron chi connectivity index (χ2n) is 3.89. The zero-order chi connectivity index (χ0) is 12.4. The van der Waals surface area contributed by atoms with E-state index >= 15 is 0 Å². The van der Waals surface area contributed by atoms with Crippen molar-refractivity contribution in [2.75, 3.05) is 5.32 Å². The van der Waals surface area contributed by atoms with Gasteiger partial charge in [0.15, 0.2) is 0 Å². The maximum absolute atomic E-state index is 12.0. The van der Waals surface area contributed by atoms with E-state index in [2.05, 4.69) is 10.3 Å². The Bertz CT molecular complexity index is 688. The van der Waals surface area contributed by atoms with Gasteiger partial charge in [-0.05, 0) is 24.3 Å². The van der Waals surface area contributed by atoms with E-state index in [4.69, 9.17) is 0 Å². The molecule has 0 saturated carbocycles. The van der Waals surface area contributed by atoms with Crippen molar-refractivity contribution in [2.45, 2.75) is 0 Å². The van der Waals surface area contributed by atoms with Gasteiger partial charge < -0.3 is 5.32 Å². The summed E-state index contributed by atoms with van der Waals surface area (Å²) < 4.78 is 1.83. The highest BCUT2D eigenvalue weighted by Gasteiger charge is 2.07. The normalized spacial score (nSPS) is 10.4. The smallest absolute Gasteiger partial charge is 0.256 e. The van der Waals surface area contributed by atoms with Crippen LogP contribution in [0.4, 0.5) is 5.82 Å². The number of rotatable bonds is 2. The second-order valence-corrected chi connectivity index (χ2v) is 3.89. The molecule has 0 unspecified atom stereocenters. The Labute approximate surface area is 104 Å². The summed E-state index contributed by atoms with van der Waals surface area (Å²) in [5.74, 6) is 0.579. The maximum Gasteiger partial charge on any atom is 0.256 e. The third-order valence-electron chi connectivity index (χ3n) is 2.71. The molecule has 0 spiro atoms. The van der Waals surface area contributed by atoms with Crippen molar-refractivity contribution in [1.82, 2.24) is 9.38 Å². The van der Waals surface area contributed by atoms with Crippen LogP contribution >= 0.6 is 0 Å². The molecule has 1 amide bonds. The number of hydrogen-bond acceptors (Lipinski definition) is 2. The molecular formula is C14H11N3O. The number of carbonyl (C=O) groups excluding carboxylic acids is 1. The van der Waals surface area contributed by atoms with Gasteiger partial charge in [-0.1, -0.05) is 24.3 Å². The van der Waals surface area contributed by atoms with E-state index in [1.807, 2.05) is 47.0 Å². The van der Waals surface area contributed by atoms with Crippen LogP contribution in [0.3, 0.4) is 0 Å². The molecule has 0 fully saturated rings. The predicted octanol–water partition coefficient (Wildman–Crippen LogP) is 2.59. The maximum atomic E-state index is 12.0. The van der Waals surface area contributed by atoms with Crippen LogP contribution in [0.2, 0.25) is 0 Å². The Morgan fingerprint density at radius 3 is 2.72 bits per heavy atom. The lowest BCUT2D eigenvalue weighted by Gasteiger charge is -2.07. The number of anilines is 1. The van der Waals surface area contributed by atoms with E-state index in [9.17, 15) is 4.79 Å². The zero-order valence-electron chi connectivity index (χ0n) is 9.58. The first kappa shape index (κ1) is 10.5. The van der Waals surface area contributed by atoms with Crippen molar-refractivity contribution in [2.24, 2.45) is 0 Å². The summed E-state index contributed by atoms with van der Waals surface area (Å²) in [6.45, 7) is 0. The summed E-state index contributed by atoms with van der Waals surface area (Å²) in [5.41, 5.74) is 1.44. The van der Waals surface area contributed by atoms with Gasteiger partial charge >= 0.3 is 0 Å². The van der Waals surface area contributed by atoms with E-state index in [1.165, 1.54) is 0 Å². The molecule has 0 aliphatic heterocycles. The Hall–Kier alpha value is -2.62. The number of hydrogen-bond donors (Lipinski definition) is 1. The first-order valence-corrected chi connectivity index (χ1v) is 5.63. The van der Waals surface area contributed by atoms with E-state index in [0.717, 1.165) is 5.65 Å². The molecule has 88 valence electrons. The summed E-state index contributed by atoms with van der Waals surface area (Å²) in [4.78, 5) is 16.2. The second kappa shape index (κ2) is 4.33. The van der Waals surface area contributed by atoms with Crippen LogP contribution in [0.1, 0.15) is 10.4 Å². The lowest BCUT2D eigenvalue weighted by Crippen LogP contribution is -2.13. The first-order chi connectivity index (χ1) is 8.84. The predicted molar refractivity (Wildman–Crippen MR) is 69.6 cm³/mol. The molecule has 3 aromatic rings. The molecule has 0 aliphatic rings. The fraction of sp³-hybridized carbons (Fsp3) is 0. The van der Waals surface area contributed by atoms with E-state index in [1.54, 1.807) is 18.3 Å². The minimum absolute atomic E-state index is 0.128. The van der Waals surface area contributed by atoms with Crippen molar-refractivity contribution in [1.29, 1.82) is 0 Å². The number of benzene rings is 1. The molecule has 1 aromatic carbocycles. The lowest BCUT2D eigenvalue weighted by atomic mass is 10.2. The third-order valence-corrected chi connectivity index (χ3v) is 2.71. The van der Waals surface area contributed by atoms with Gasteiger partial charge in [0.05, 0.1) is 0 Å². The SMILES string of the molecule is O=C(Nc1cccc2nccn12)c1ccccc1. The summed E-state index contributed by atoms with van der Waals surface area (Å²) >= 11 is 0. The van der Waals surface area contributed by atoms with Crippen LogP contribution in [0, 0.1) is 0 Å².